The standard InChI is InChI=1S/C19H20N4O3/c1-12(2)23-17(10-11-20-23)22-18(24)13(3)26-19(25)16-9-8-14-6-4-5-7-15(14)21-16/h4-13H,1-3H3,(H,22,24)/t13-/m1/s1. The molecular weight excluding hydrogens is 332 g/mol. The fourth-order valence-corrected chi connectivity index (χ4v) is 2.51. The molecule has 7 heteroatoms. The summed E-state index contributed by atoms with van der Waals surface area (Å²) in [6.45, 7) is 5.43. The van der Waals surface area contributed by atoms with Crippen LogP contribution in [0.5, 0.6) is 0 Å². The van der Waals surface area contributed by atoms with Crippen molar-refractivity contribution >= 4 is 28.6 Å². The minimum Gasteiger partial charge on any atom is -0.448 e. The predicted octanol–water partition coefficient (Wildman–Crippen LogP) is 3.20. The molecule has 3 rings (SSSR count). The first-order valence-corrected chi connectivity index (χ1v) is 8.37. The molecule has 0 aliphatic rings. The van der Waals surface area contributed by atoms with Gasteiger partial charge in [-0.25, -0.2) is 14.5 Å². The molecule has 0 fully saturated rings. The highest BCUT2D eigenvalue weighted by molar-refractivity contribution is 5.97. The SMILES string of the molecule is CC(C)n1nccc1NC(=O)[C@@H](C)OC(=O)c1ccc2ccccc2n1. The van der Waals surface area contributed by atoms with Crippen molar-refractivity contribution in [3.05, 3.63) is 54.4 Å². The monoisotopic (exact) mass is 352 g/mol. The summed E-state index contributed by atoms with van der Waals surface area (Å²) in [5.41, 5.74) is 0.857. The Morgan fingerprint density at radius 2 is 1.85 bits per heavy atom. The summed E-state index contributed by atoms with van der Waals surface area (Å²) in [4.78, 5) is 28.9. The van der Waals surface area contributed by atoms with Gasteiger partial charge >= 0.3 is 5.97 Å². The number of fused-ring (bicyclic) bond motifs is 1. The maximum atomic E-state index is 12.3. The van der Waals surface area contributed by atoms with Crippen LogP contribution in [-0.4, -0.2) is 32.7 Å². The Kier molecular flexibility index (Phi) is 4.97. The fraction of sp³-hybridized carbons (Fsp3) is 0.263. The first-order valence-electron chi connectivity index (χ1n) is 8.37. The number of aromatic nitrogens is 3. The number of pyridine rings is 1. The van der Waals surface area contributed by atoms with Crippen LogP contribution < -0.4 is 5.32 Å². The van der Waals surface area contributed by atoms with Crippen molar-refractivity contribution in [3.63, 3.8) is 0 Å². The summed E-state index contributed by atoms with van der Waals surface area (Å²) >= 11 is 0. The summed E-state index contributed by atoms with van der Waals surface area (Å²) in [5.74, 6) is -0.519. The molecule has 2 aromatic heterocycles. The maximum Gasteiger partial charge on any atom is 0.357 e. The molecule has 26 heavy (non-hydrogen) atoms. The van der Waals surface area contributed by atoms with Gasteiger partial charge in [-0.05, 0) is 32.9 Å². The van der Waals surface area contributed by atoms with Crippen LogP contribution in [0.15, 0.2) is 48.7 Å². The van der Waals surface area contributed by atoms with E-state index in [1.807, 2.05) is 38.1 Å². The molecule has 0 spiro atoms. The van der Waals surface area contributed by atoms with Gasteiger partial charge in [0.2, 0.25) is 0 Å². The number of ether oxygens (including phenoxy) is 1. The van der Waals surface area contributed by atoms with Crippen LogP contribution in [0, 0.1) is 0 Å². The summed E-state index contributed by atoms with van der Waals surface area (Å²) in [5, 5.41) is 7.80. The number of carbonyl (C=O) groups excluding carboxylic acids is 2. The Morgan fingerprint density at radius 1 is 1.08 bits per heavy atom. The molecule has 0 aliphatic carbocycles. The molecule has 0 saturated carbocycles. The molecule has 0 radical (unpaired) electrons. The highest BCUT2D eigenvalue weighted by atomic mass is 16.5. The van der Waals surface area contributed by atoms with Crippen molar-refractivity contribution in [1.82, 2.24) is 14.8 Å². The van der Waals surface area contributed by atoms with Crippen molar-refractivity contribution < 1.29 is 14.3 Å². The van der Waals surface area contributed by atoms with Crippen LogP contribution in [0.25, 0.3) is 10.9 Å². The molecule has 134 valence electrons. The predicted molar refractivity (Wildman–Crippen MR) is 97.9 cm³/mol. The average molecular weight is 352 g/mol. The number of hydrogen-bond donors (Lipinski definition) is 1. The zero-order chi connectivity index (χ0) is 18.7. The number of nitrogens with one attached hydrogen (secondary N) is 1. The topological polar surface area (TPSA) is 86.1 Å². The molecular formula is C19H20N4O3. The molecule has 1 atom stereocenters. The number of hydrogen-bond acceptors (Lipinski definition) is 5. The summed E-state index contributed by atoms with van der Waals surface area (Å²) < 4.78 is 6.93. The number of anilines is 1. The highest BCUT2D eigenvalue weighted by Crippen LogP contribution is 2.15. The van der Waals surface area contributed by atoms with Crippen molar-refractivity contribution in [2.24, 2.45) is 0 Å². The lowest BCUT2D eigenvalue weighted by atomic mass is 10.2. The second-order valence-corrected chi connectivity index (χ2v) is 6.18. The number of nitrogens with zero attached hydrogens (tertiary/aromatic N) is 3. The van der Waals surface area contributed by atoms with Gasteiger partial charge in [-0.1, -0.05) is 24.3 Å². The normalized spacial score (nSPS) is 12.2. The van der Waals surface area contributed by atoms with Crippen molar-refractivity contribution in [3.8, 4) is 0 Å². The third-order valence-corrected chi connectivity index (χ3v) is 3.87. The van der Waals surface area contributed by atoms with Crippen molar-refractivity contribution in [2.45, 2.75) is 32.9 Å². The van der Waals surface area contributed by atoms with Crippen LogP contribution in [-0.2, 0) is 9.53 Å². The summed E-state index contributed by atoms with van der Waals surface area (Å²) in [6.07, 6.45) is 0.636. The lowest BCUT2D eigenvalue weighted by Crippen LogP contribution is -2.31. The zero-order valence-corrected chi connectivity index (χ0v) is 14.8. The number of amides is 1. The van der Waals surface area contributed by atoms with E-state index in [0.29, 0.717) is 11.3 Å². The van der Waals surface area contributed by atoms with Gasteiger partial charge in [-0.3, -0.25) is 4.79 Å². The minimum atomic E-state index is -0.966. The van der Waals surface area contributed by atoms with E-state index in [1.165, 1.54) is 6.92 Å². The number of esters is 1. The molecule has 3 aromatic rings. The van der Waals surface area contributed by atoms with E-state index in [-0.39, 0.29) is 11.7 Å². The third kappa shape index (κ3) is 3.72. The van der Waals surface area contributed by atoms with Crippen LogP contribution in [0.4, 0.5) is 5.82 Å². The summed E-state index contributed by atoms with van der Waals surface area (Å²) in [6, 6.07) is 12.6. The van der Waals surface area contributed by atoms with Gasteiger partial charge in [0.15, 0.2) is 6.10 Å². The second-order valence-electron chi connectivity index (χ2n) is 6.18. The van der Waals surface area contributed by atoms with Crippen molar-refractivity contribution in [2.75, 3.05) is 5.32 Å². The van der Waals surface area contributed by atoms with Gasteiger partial charge in [0.1, 0.15) is 11.5 Å². The number of benzene rings is 1. The largest absolute Gasteiger partial charge is 0.448 e. The molecule has 0 unspecified atom stereocenters. The lowest BCUT2D eigenvalue weighted by molar-refractivity contribution is -0.123. The van der Waals surface area contributed by atoms with Crippen molar-refractivity contribution in [1.29, 1.82) is 0 Å². The molecule has 0 saturated heterocycles. The smallest absolute Gasteiger partial charge is 0.357 e. The second kappa shape index (κ2) is 7.35. The number of rotatable bonds is 5. The molecule has 0 bridgehead atoms. The zero-order valence-electron chi connectivity index (χ0n) is 14.8. The third-order valence-electron chi connectivity index (χ3n) is 3.87. The van der Waals surface area contributed by atoms with Gasteiger partial charge in [-0.15, -0.1) is 0 Å². The minimum absolute atomic E-state index is 0.0972. The maximum absolute atomic E-state index is 12.3. The molecule has 7 nitrogen and oxygen atoms in total. The Hall–Kier alpha value is -3.22. The quantitative estimate of drug-likeness (QED) is 0.713. The summed E-state index contributed by atoms with van der Waals surface area (Å²) in [7, 11) is 0. The first kappa shape index (κ1) is 17.6. The van der Waals surface area contributed by atoms with E-state index in [0.717, 1.165) is 5.39 Å². The number of carbonyl (C=O) groups is 2. The highest BCUT2D eigenvalue weighted by Gasteiger charge is 2.21. The van der Waals surface area contributed by atoms with E-state index in [1.54, 1.807) is 29.1 Å². The van der Waals surface area contributed by atoms with Crippen LogP contribution >= 0.6 is 0 Å². The van der Waals surface area contributed by atoms with E-state index in [2.05, 4.69) is 15.4 Å². The van der Waals surface area contributed by atoms with Crippen LogP contribution in [0.1, 0.15) is 37.3 Å². The molecule has 1 N–H and O–H groups in total. The van der Waals surface area contributed by atoms with E-state index >= 15 is 0 Å². The lowest BCUT2D eigenvalue weighted by Gasteiger charge is -2.15. The van der Waals surface area contributed by atoms with Gasteiger partial charge in [0.25, 0.3) is 5.91 Å². The average Bonchev–Trinajstić information content (AvgIpc) is 3.09. The molecule has 1 aromatic carbocycles. The molecule has 1 amide bonds. The van der Waals surface area contributed by atoms with Gasteiger partial charge in [-0.2, -0.15) is 5.10 Å². The van der Waals surface area contributed by atoms with Crippen LogP contribution in [0.3, 0.4) is 0 Å². The van der Waals surface area contributed by atoms with Gasteiger partial charge in [0.05, 0.1) is 11.7 Å². The van der Waals surface area contributed by atoms with Gasteiger partial charge < -0.3 is 10.1 Å². The van der Waals surface area contributed by atoms with Crippen LogP contribution in [0.2, 0.25) is 0 Å². The first-order chi connectivity index (χ1) is 12.5. The Morgan fingerprint density at radius 3 is 2.62 bits per heavy atom. The molecule has 2 heterocycles. The van der Waals surface area contributed by atoms with E-state index < -0.39 is 18.0 Å². The van der Waals surface area contributed by atoms with E-state index in [4.69, 9.17) is 4.74 Å². The van der Waals surface area contributed by atoms with E-state index in [9.17, 15) is 9.59 Å². The fourth-order valence-electron chi connectivity index (χ4n) is 2.51. The number of para-hydroxylation sites is 1. The Balaban J connectivity index is 1.67. The van der Waals surface area contributed by atoms with Gasteiger partial charge in [0, 0.05) is 17.5 Å². The Bertz CT molecular complexity index is 949. The Labute approximate surface area is 151 Å². The molecule has 0 aliphatic heterocycles.